The van der Waals surface area contributed by atoms with Crippen LogP contribution in [0.15, 0.2) is 30.5 Å². The quantitative estimate of drug-likeness (QED) is 0.763. The van der Waals surface area contributed by atoms with E-state index >= 15 is 0 Å². The van der Waals surface area contributed by atoms with Gasteiger partial charge in [-0.1, -0.05) is 23.4 Å². The number of ether oxygens (including phenoxy) is 1. The van der Waals surface area contributed by atoms with E-state index in [-0.39, 0.29) is 0 Å². The highest BCUT2D eigenvalue weighted by Gasteiger charge is 2.14. The van der Waals surface area contributed by atoms with Crippen LogP contribution in [0.25, 0.3) is 0 Å². The molecule has 0 saturated carbocycles. The smallest absolute Gasteiger partial charge is 0.122 e. The summed E-state index contributed by atoms with van der Waals surface area (Å²) < 4.78 is 7.08. The molecule has 0 aliphatic carbocycles. The highest BCUT2D eigenvalue weighted by atomic mass is 35.5. The van der Waals surface area contributed by atoms with Crippen molar-refractivity contribution in [2.75, 3.05) is 13.0 Å². The fourth-order valence-corrected chi connectivity index (χ4v) is 2.37. The second-order valence-electron chi connectivity index (χ2n) is 4.62. The van der Waals surface area contributed by atoms with Crippen LogP contribution in [0.2, 0.25) is 0 Å². The van der Waals surface area contributed by atoms with Crippen molar-refractivity contribution < 1.29 is 4.74 Å². The third-order valence-corrected chi connectivity index (χ3v) is 3.50. The predicted molar refractivity (Wildman–Crippen MR) is 75.6 cm³/mol. The second kappa shape index (κ2) is 6.57. The zero-order valence-corrected chi connectivity index (χ0v) is 12.0. The van der Waals surface area contributed by atoms with E-state index in [0.29, 0.717) is 11.8 Å². The Hall–Kier alpha value is -1.55. The first-order valence-electron chi connectivity index (χ1n) is 6.26. The minimum absolute atomic E-state index is 0.328. The number of rotatable bonds is 6. The van der Waals surface area contributed by atoms with Crippen LogP contribution in [0.1, 0.15) is 11.3 Å². The average Bonchev–Trinajstić information content (AvgIpc) is 2.84. The van der Waals surface area contributed by atoms with Gasteiger partial charge in [0, 0.05) is 19.1 Å². The van der Waals surface area contributed by atoms with E-state index in [2.05, 4.69) is 16.4 Å². The molecule has 0 N–H and O–H groups in total. The second-order valence-corrected chi connectivity index (χ2v) is 4.93. The number of halogens is 1. The molecule has 4 nitrogen and oxygen atoms in total. The minimum atomic E-state index is 0.328. The number of hydrogen-bond acceptors (Lipinski definition) is 3. The van der Waals surface area contributed by atoms with E-state index in [9.17, 15) is 0 Å². The standard InChI is InChI=1S/C14H18ClN3O/c1-18-10-13(16-17-18)8-11(9-15)7-12-5-3-4-6-14(12)19-2/h3-6,10-11H,7-9H2,1-2H3. The van der Waals surface area contributed by atoms with Gasteiger partial charge in [-0.25, -0.2) is 0 Å². The van der Waals surface area contributed by atoms with Crippen molar-refractivity contribution in [2.45, 2.75) is 12.8 Å². The monoisotopic (exact) mass is 279 g/mol. The molecule has 0 spiro atoms. The van der Waals surface area contributed by atoms with Crippen LogP contribution >= 0.6 is 11.6 Å². The van der Waals surface area contributed by atoms with Gasteiger partial charge in [0.05, 0.1) is 12.8 Å². The molecule has 2 rings (SSSR count). The topological polar surface area (TPSA) is 39.9 Å². The molecule has 102 valence electrons. The van der Waals surface area contributed by atoms with Crippen LogP contribution in [-0.2, 0) is 19.9 Å². The van der Waals surface area contributed by atoms with Gasteiger partial charge in [-0.3, -0.25) is 4.68 Å². The highest BCUT2D eigenvalue weighted by Crippen LogP contribution is 2.23. The summed E-state index contributed by atoms with van der Waals surface area (Å²) in [7, 11) is 3.56. The number of aryl methyl sites for hydroxylation is 1. The van der Waals surface area contributed by atoms with Gasteiger partial charge in [-0.15, -0.1) is 16.7 Å². The molecular formula is C14H18ClN3O. The molecule has 1 aromatic heterocycles. The van der Waals surface area contributed by atoms with Gasteiger partial charge in [0.2, 0.25) is 0 Å². The van der Waals surface area contributed by atoms with Gasteiger partial charge >= 0.3 is 0 Å². The van der Waals surface area contributed by atoms with Crippen molar-refractivity contribution in [3.63, 3.8) is 0 Å². The lowest BCUT2D eigenvalue weighted by Gasteiger charge is -2.14. The van der Waals surface area contributed by atoms with Crippen molar-refractivity contribution in [2.24, 2.45) is 13.0 Å². The van der Waals surface area contributed by atoms with Gasteiger partial charge in [-0.05, 0) is 30.4 Å². The number of hydrogen-bond donors (Lipinski definition) is 0. The van der Waals surface area contributed by atoms with Crippen molar-refractivity contribution in [3.8, 4) is 5.75 Å². The van der Waals surface area contributed by atoms with Crippen LogP contribution in [0.3, 0.4) is 0 Å². The van der Waals surface area contributed by atoms with Crippen LogP contribution in [0, 0.1) is 5.92 Å². The van der Waals surface area contributed by atoms with E-state index in [1.165, 1.54) is 5.56 Å². The van der Waals surface area contributed by atoms with Gasteiger partial charge in [-0.2, -0.15) is 0 Å². The van der Waals surface area contributed by atoms with Gasteiger partial charge in [0.15, 0.2) is 0 Å². The normalized spacial score (nSPS) is 12.4. The van der Waals surface area contributed by atoms with Gasteiger partial charge in [0.1, 0.15) is 5.75 Å². The molecule has 0 fully saturated rings. The molecule has 0 aliphatic rings. The number of para-hydroxylation sites is 1. The molecule has 19 heavy (non-hydrogen) atoms. The maximum absolute atomic E-state index is 6.07. The third-order valence-electron chi connectivity index (χ3n) is 3.07. The Balaban J connectivity index is 2.06. The Morgan fingerprint density at radius 3 is 2.74 bits per heavy atom. The number of aromatic nitrogens is 3. The number of methoxy groups -OCH3 is 1. The number of nitrogens with zero attached hydrogens (tertiary/aromatic N) is 3. The fourth-order valence-electron chi connectivity index (χ4n) is 2.15. The zero-order chi connectivity index (χ0) is 13.7. The molecule has 0 aliphatic heterocycles. The first-order valence-corrected chi connectivity index (χ1v) is 6.79. The Bertz CT molecular complexity index is 527. The summed E-state index contributed by atoms with van der Waals surface area (Å²) in [4.78, 5) is 0. The van der Waals surface area contributed by atoms with Crippen LogP contribution in [0.5, 0.6) is 5.75 Å². The van der Waals surface area contributed by atoms with Gasteiger partial charge < -0.3 is 4.74 Å². The molecule has 0 radical (unpaired) electrons. The van der Waals surface area contributed by atoms with E-state index in [4.69, 9.17) is 16.3 Å². The van der Waals surface area contributed by atoms with Gasteiger partial charge in [0.25, 0.3) is 0 Å². The van der Waals surface area contributed by atoms with Crippen molar-refractivity contribution in [1.82, 2.24) is 15.0 Å². The maximum atomic E-state index is 6.07. The molecule has 2 aromatic rings. The van der Waals surface area contributed by atoms with Crippen molar-refractivity contribution in [1.29, 1.82) is 0 Å². The van der Waals surface area contributed by atoms with Crippen LogP contribution < -0.4 is 4.74 Å². The first kappa shape index (κ1) is 13.9. The lowest BCUT2D eigenvalue weighted by molar-refractivity contribution is 0.405. The highest BCUT2D eigenvalue weighted by molar-refractivity contribution is 6.18. The summed E-state index contributed by atoms with van der Waals surface area (Å²) >= 11 is 6.07. The largest absolute Gasteiger partial charge is 0.496 e. The Kier molecular flexibility index (Phi) is 4.80. The van der Waals surface area contributed by atoms with E-state index in [0.717, 1.165) is 24.3 Å². The first-order chi connectivity index (χ1) is 9.22. The lowest BCUT2D eigenvalue weighted by Crippen LogP contribution is -2.11. The van der Waals surface area contributed by atoms with Crippen LogP contribution in [0.4, 0.5) is 0 Å². The third kappa shape index (κ3) is 3.70. The zero-order valence-electron chi connectivity index (χ0n) is 11.2. The van der Waals surface area contributed by atoms with Crippen molar-refractivity contribution in [3.05, 3.63) is 41.7 Å². The maximum Gasteiger partial charge on any atom is 0.122 e. The number of benzene rings is 1. The van der Waals surface area contributed by atoms with E-state index in [1.807, 2.05) is 31.4 Å². The van der Waals surface area contributed by atoms with E-state index in [1.54, 1.807) is 11.8 Å². The summed E-state index contributed by atoms with van der Waals surface area (Å²) in [5.41, 5.74) is 2.16. The predicted octanol–water partition coefficient (Wildman–Crippen LogP) is 2.46. The van der Waals surface area contributed by atoms with Crippen LogP contribution in [-0.4, -0.2) is 28.0 Å². The molecule has 5 heteroatoms. The molecule has 1 aromatic carbocycles. The molecule has 0 saturated heterocycles. The Labute approximate surface area is 118 Å². The summed E-state index contributed by atoms with van der Waals surface area (Å²) in [6.45, 7) is 0. The molecule has 0 bridgehead atoms. The molecular weight excluding hydrogens is 262 g/mol. The Morgan fingerprint density at radius 1 is 1.32 bits per heavy atom. The summed E-state index contributed by atoms with van der Waals surface area (Å²) in [6.07, 6.45) is 3.64. The molecule has 0 amide bonds. The molecule has 1 unspecified atom stereocenters. The lowest BCUT2D eigenvalue weighted by atomic mass is 9.96. The SMILES string of the molecule is COc1ccccc1CC(CCl)Cc1cn(C)nn1. The fraction of sp³-hybridized carbons (Fsp3) is 0.429. The number of alkyl halides is 1. The average molecular weight is 280 g/mol. The Morgan fingerprint density at radius 2 is 2.11 bits per heavy atom. The summed E-state index contributed by atoms with van der Waals surface area (Å²) in [5.74, 6) is 1.83. The minimum Gasteiger partial charge on any atom is -0.496 e. The van der Waals surface area contributed by atoms with E-state index < -0.39 is 0 Å². The molecule has 1 heterocycles. The summed E-state index contributed by atoms with van der Waals surface area (Å²) in [5, 5.41) is 8.05. The summed E-state index contributed by atoms with van der Waals surface area (Å²) in [6, 6.07) is 8.05. The molecule has 1 atom stereocenters. The van der Waals surface area contributed by atoms with Crippen molar-refractivity contribution >= 4 is 11.6 Å².